The minimum absolute atomic E-state index is 0.0193. The van der Waals surface area contributed by atoms with E-state index in [1.54, 1.807) is 0 Å². The molecule has 0 radical (unpaired) electrons. The largest absolute Gasteiger partial charge is 0.348 e. The van der Waals surface area contributed by atoms with Gasteiger partial charge in [-0.3, -0.25) is 9.69 Å². The number of amides is 1. The SMILES string of the molecule is C[C@H](NC(=O)CN1CCN(S(=O)(=O)N(C)C)CC1)c1ccc2c(c1)CCCC2. The summed E-state index contributed by atoms with van der Waals surface area (Å²) in [5, 5.41) is 3.09. The number of carbonyl (C=O) groups excluding carboxylic acids is 1. The number of nitrogens with zero attached hydrogens (tertiary/aromatic N) is 3. The summed E-state index contributed by atoms with van der Waals surface area (Å²) >= 11 is 0. The van der Waals surface area contributed by atoms with Gasteiger partial charge < -0.3 is 5.32 Å². The fourth-order valence-corrected chi connectivity index (χ4v) is 5.03. The topological polar surface area (TPSA) is 73.0 Å². The zero-order chi connectivity index (χ0) is 20.3. The quantitative estimate of drug-likeness (QED) is 0.767. The maximum Gasteiger partial charge on any atom is 0.281 e. The molecule has 1 heterocycles. The standard InChI is InChI=1S/C20H32N4O3S/c1-16(18-9-8-17-6-4-5-7-19(17)14-18)21-20(25)15-23-10-12-24(13-11-23)28(26,27)22(2)3/h8-9,14,16H,4-7,10-13,15H2,1-3H3,(H,21,25)/t16-/m0/s1. The van der Waals surface area contributed by atoms with Gasteiger partial charge in [0.2, 0.25) is 5.91 Å². The van der Waals surface area contributed by atoms with Crippen molar-refractivity contribution in [3.63, 3.8) is 0 Å². The van der Waals surface area contributed by atoms with E-state index >= 15 is 0 Å². The van der Waals surface area contributed by atoms with E-state index in [-0.39, 0.29) is 11.9 Å². The van der Waals surface area contributed by atoms with Crippen LogP contribution in [0.5, 0.6) is 0 Å². The molecule has 7 nitrogen and oxygen atoms in total. The fourth-order valence-electron chi connectivity index (χ4n) is 3.95. The Morgan fingerprint density at radius 3 is 2.39 bits per heavy atom. The molecule has 1 aliphatic carbocycles. The first-order chi connectivity index (χ1) is 13.3. The average molecular weight is 409 g/mol. The van der Waals surface area contributed by atoms with Gasteiger partial charge in [0, 0.05) is 40.3 Å². The second-order valence-corrected chi connectivity index (χ2v) is 10.1. The third-order valence-electron chi connectivity index (χ3n) is 5.74. The van der Waals surface area contributed by atoms with Crippen molar-refractivity contribution >= 4 is 16.1 Å². The van der Waals surface area contributed by atoms with Gasteiger partial charge in [0.1, 0.15) is 0 Å². The van der Waals surface area contributed by atoms with Crippen molar-refractivity contribution in [1.82, 2.24) is 18.8 Å². The number of piperazine rings is 1. The van der Waals surface area contributed by atoms with Crippen LogP contribution < -0.4 is 5.32 Å². The van der Waals surface area contributed by atoms with Crippen LogP contribution in [0.15, 0.2) is 18.2 Å². The second kappa shape index (κ2) is 8.90. The van der Waals surface area contributed by atoms with Crippen molar-refractivity contribution in [2.45, 2.75) is 38.6 Å². The molecule has 0 saturated carbocycles. The predicted octanol–water partition coefficient (Wildman–Crippen LogP) is 1.17. The molecule has 1 saturated heterocycles. The maximum absolute atomic E-state index is 12.5. The molecule has 1 aromatic carbocycles. The van der Waals surface area contributed by atoms with Gasteiger partial charge in [0.05, 0.1) is 12.6 Å². The van der Waals surface area contributed by atoms with Crippen LogP contribution in [0, 0.1) is 0 Å². The predicted molar refractivity (Wildman–Crippen MR) is 110 cm³/mol. The third-order valence-corrected chi connectivity index (χ3v) is 7.68. The molecule has 0 unspecified atom stereocenters. The first-order valence-electron chi connectivity index (χ1n) is 10.1. The van der Waals surface area contributed by atoms with E-state index < -0.39 is 10.2 Å². The molecule has 28 heavy (non-hydrogen) atoms. The van der Waals surface area contributed by atoms with Crippen molar-refractivity contribution in [3.8, 4) is 0 Å². The lowest BCUT2D eigenvalue weighted by atomic mass is 9.89. The number of benzene rings is 1. The number of hydrogen-bond acceptors (Lipinski definition) is 4. The van der Waals surface area contributed by atoms with Crippen LogP contribution in [-0.4, -0.2) is 74.7 Å². The molecule has 156 valence electrons. The van der Waals surface area contributed by atoms with Crippen LogP contribution in [-0.2, 0) is 27.8 Å². The number of hydrogen-bond donors (Lipinski definition) is 1. The summed E-state index contributed by atoms with van der Waals surface area (Å²) in [6, 6.07) is 6.54. The van der Waals surface area contributed by atoms with Gasteiger partial charge in [0.15, 0.2) is 0 Å². The Bertz CT molecular complexity index is 802. The summed E-state index contributed by atoms with van der Waals surface area (Å²) in [6.07, 6.45) is 4.80. The highest BCUT2D eigenvalue weighted by Crippen LogP contribution is 2.24. The first-order valence-corrected chi connectivity index (χ1v) is 11.5. The normalized spacial score (nSPS) is 20.0. The Labute approximate surface area is 168 Å². The highest BCUT2D eigenvalue weighted by molar-refractivity contribution is 7.86. The van der Waals surface area contributed by atoms with Gasteiger partial charge in [0.25, 0.3) is 10.2 Å². The Morgan fingerprint density at radius 2 is 1.75 bits per heavy atom. The smallest absolute Gasteiger partial charge is 0.281 e. The minimum atomic E-state index is -3.38. The number of fused-ring (bicyclic) bond motifs is 1. The van der Waals surface area contributed by atoms with Crippen LogP contribution in [0.2, 0.25) is 0 Å². The zero-order valence-electron chi connectivity index (χ0n) is 17.1. The van der Waals surface area contributed by atoms with E-state index in [9.17, 15) is 13.2 Å². The van der Waals surface area contributed by atoms with Crippen LogP contribution >= 0.6 is 0 Å². The van der Waals surface area contributed by atoms with E-state index in [2.05, 4.69) is 23.5 Å². The second-order valence-electron chi connectivity index (χ2n) is 7.99. The van der Waals surface area contributed by atoms with Crippen LogP contribution in [0.4, 0.5) is 0 Å². The average Bonchev–Trinajstić information content (AvgIpc) is 2.67. The van der Waals surface area contributed by atoms with E-state index in [0.717, 1.165) is 18.4 Å². The number of aryl methyl sites for hydroxylation is 2. The molecule has 1 aliphatic heterocycles. The van der Waals surface area contributed by atoms with Crippen molar-refractivity contribution in [1.29, 1.82) is 0 Å². The molecule has 0 spiro atoms. The number of carbonyl (C=O) groups is 1. The van der Waals surface area contributed by atoms with Gasteiger partial charge in [-0.05, 0) is 49.3 Å². The molecule has 3 rings (SSSR count). The number of nitrogens with one attached hydrogen (secondary N) is 1. The molecule has 1 amide bonds. The van der Waals surface area contributed by atoms with Crippen LogP contribution in [0.3, 0.4) is 0 Å². The molecular weight excluding hydrogens is 376 g/mol. The minimum Gasteiger partial charge on any atom is -0.348 e. The molecular formula is C20H32N4O3S. The first kappa shape index (κ1) is 21.2. The highest BCUT2D eigenvalue weighted by atomic mass is 32.2. The highest BCUT2D eigenvalue weighted by Gasteiger charge is 2.29. The van der Waals surface area contributed by atoms with Crippen molar-refractivity contribution in [3.05, 3.63) is 34.9 Å². The maximum atomic E-state index is 12.5. The molecule has 0 aromatic heterocycles. The molecule has 0 bridgehead atoms. The van der Waals surface area contributed by atoms with E-state index in [0.29, 0.717) is 32.7 Å². The zero-order valence-corrected chi connectivity index (χ0v) is 18.0. The number of rotatable bonds is 6. The molecule has 8 heteroatoms. The van der Waals surface area contributed by atoms with E-state index in [1.807, 2.05) is 11.8 Å². The summed E-state index contributed by atoms with van der Waals surface area (Å²) < 4.78 is 27.0. The Kier molecular flexibility index (Phi) is 6.75. The summed E-state index contributed by atoms with van der Waals surface area (Å²) in [4.78, 5) is 14.5. The lowest BCUT2D eigenvalue weighted by molar-refractivity contribution is -0.123. The van der Waals surface area contributed by atoms with Crippen molar-refractivity contribution in [2.24, 2.45) is 0 Å². The van der Waals surface area contributed by atoms with Crippen molar-refractivity contribution < 1.29 is 13.2 Å². The molecule has 1 N–H and O–H groups in total. The van der Waals surface area contributed by atoms with Gasteiger partial charge in [-0.15, -0.1) is 0 Å². The van der Waals surface area contributed by atoms with Gasteiger partial charge in [-0.25, -0.2) is 0 Å². The molecule has 2 aliphatic rings. The molecule has 1 aromatic rings. The third kappa shape index (κ3) is 4.92. The van der Waals surface area contributed by atoms with Crippen LogP contribution in [0.25, 0.3) is 0 Å². The fraction of sp³-hybridized carbons (Fsp3) is 0.650. The van der Waals surface area contributed by atoms with E-state index in [1.165, 1.54) is 46.7 Å². The van der Waals surface area contributed by atoms with Gasteiger partial charge >= 0.3 is 0 Å². The summed E-state index contributed by atoms with van der Waals surface area (Å²) in [7, 11) is -0.297. The van der Waals surface area contributed by atoms with Gasteiger partial charge in [-0.2, -0.15) is 17.0 Å². The Balaban J connectivity index is 1.49. The molecule has 1 fully saturated rings. The lowest BCUT2D eigenvalue weighted by Gasteiger charge is -2.34. The summed E-state index contributed by atoms with van der Waals surface area (Å²) in [5.41, 5.74) is 4.01. The van der Waals surface area contributed by atoms with Gasteiger partial charge in [-0.1, -0.05) is 18.2 Å². The summed E-state index contributed by atoms with van der Waals surface area (Å²) in [6.45, 7) is 4.26. The summed E-state index contributed by atoms with van der Waals surface area (Å²) in [5.74, 6) is -0.0193. The van der Waals surface area contributed by atoms with Crippen LogP contribution in [0.1, 0.15) is 42.5 Å². The lowest BCUT2D eigenvalue weighted by Crippen LogP contribution is -2.53. The Morgan fingerprint density at radius 1 is 1.11 bits per heavy atom. The Hall–Kier alpha value is -1.48. The van der Waals surface area contributed by atoms with E-state index in [4.69, 9.17) is 0 Å². The molecule has 1 atom stereocenters. The monoisotopic (exact) mass is 408 g/mol. The van der Waals surface area contributed by atoms with Crippen molar-refractivity contribution in [2.75, 3.05) is 46.8 Å².